The Balaban J connectivity index is 2.34. The molecule has 0 bridgehead atoms. The highest BCUT2D eigenvalue weighted by atomic mass is 127. The SMILES string of the molecule is CC[C@H]1CN(C2=CC=N/C(=N/C=C\I)C2=C(C)C)C[C@@H](C)O1. The normalized spacial score (nSPS) is 27.7. The van der Waals surface area contributed by atoms with E-state index in [0.29, 0.717) is 0 Å². The number of nitrogens with zero attached hydrogens (tertiary/aromatic N) is 3. The predicted molar refractivity (Wildman–Crippen MR) is 102 cm³/mol. The maximum atomic E-state index is 5.98. The molecule has 120 valence electrons. The second-order valence-electron chi connectivity index (χ2n) is 5.81. The molecule has 0 unspecified atom stereocenters. The number of hydrogen-bond acceptors (Lipinski definition) is 3. The molecule has 2 aliphatic heterocycles. The van der Waals surface area contributed by atoms with Gasteiger partial charge in [-0.15, -0.1) is 0 Å². The van der Waals surface area contributed by atoms with Crippen LogP contribution in [0.1, 0.15) is 34.1 Å². The number of morpholine rings is 1. The van der Waals surface area contributed by atoms with Crippen molar-refractivity contribution in [3.63, 3.8) is 0 Å². The van der Waals surface area contributed by atoms with E-state index in [1.807, 2.05) is 10.3 Å². The van der Waals surface area contributed by atoms with Crippen molar-refractivity contribution in [1.29, 1.82) is 0 Å². The van der Waals surface area contributed by atoms with Gasteiger partial charge in [0, 0.05) is 36.8 Å². The first-order chi connectivity index (χ1) is 10.6. The van der Waals surface area contributed by atoms with E-state index in [1.54, 1.807) is 6.20 Å². The summed E-state index contributed by atoms with van der Waals surface area (Å²) >= 11 is 2.17. The summed E-state index contributed by atoms with van der Waals surface area (Å²) in [6.45, 7) is 10.4. The molecule has 0 aromatic rings. The van der Waals surface area contributed by atoms with Crippen LogP contribution >= 0.6 is 22.6 Å². The van der Waals surface area contributed by atoms with Gasteiger partial charge in [0.2, 0.25) is 0 Å². The molecule has 0 saturated carbocycles. The van der Waals surface area contributed by atoms with Crippen LogP contribution in [0.3, 0.4) is 0 Å². The lowest BCUT2D eigenvalue weighted by molar-refractivity contribution is -0.0671. The van der Waals surface area contributed by atoms with E-state index >= 15 is 0 Å². The van der Waals surface area contributed by atoms with Crippen molar-refractivity contribution in [2.75, 3.05) is 13.1 Å². The first-order valence-corrected chi connectivity index (χ1v) is 8.97. The summed E-state index contributed by atoms with van der Waals surface area (Å²) < 4.78 is 7.88. The zero-order valence-corrected chi connectivity index (χ0v) is 15.9. The number of aliphatic imine (C=N–C) groups is 2. The Hall–Kier alpha value is -0.950. The van der Waals surface area contributed by atoms with E-state index in [2.05, 4.69) is 71.2 Å². The molecule has 2 heterocycles. The van der Waals surface area contributed by atoms with Crippen LogP contribution in [-0.2, 0) is 4.74 Å². The monoisotopic (exact) mass is 413 g/mol. The zero-order valence-electron chi connectivity index (χ0n) is 13.7. The molecule has 0 aliphatic carbocycles. The van der Waals surface area contributed by atoms with E-state index in [1.165, 1.54) is 11.3 Å². The van der Waals surface area contributed by atoms with Crippen molar-refractivity contribution in [3.8, 4) is 0 Å². The highest BCUT2D eigenvalue weighted by Crippen LogP contribution is 2.27. The van der Waals surface area contributed by atoms with E-state index in [4.69, 9.17) is 4.74 Å². The molecule has 2 aliphatic rings. The number of ether oxygens (including phenoxy) is 1. The van der Waals surface area contributed by atoms with Crippen molar-refractivity contribution < 1.29 is 4.74 Å². The smallest absolute Gasteiger partial charge is 0.161 e. The molecule has 0 aromatic carbocycles. The quantitative estimate of drug-likeness (QED) is 0.654. The second kappa shape index (κ2) is 8.06. The molecule has 5 heteroatoms. The summed E-state index contributed by atoms with van der Waals surface area (Å²) in [6.07, 6.45) is 7.30. The van der Waals surface area contributed by atoms with Gasteiger partial charge in [-0.1, -0.05) is 35.1 Å². The summed E-state index contributed by atoms with van der Waals surface area (Å²) in [5.74, 6) is 0.789. The minimum absolute atomic E-state index is 0.242. The highest BCUT2D eigenvalue weighted by Gasteiger charge is 2.29. The van der Waals surface area contributed by atoms with Gasteiger partial charge in [-0.25, -0.2) is 9.98 Å². The predicted octanol–water partition coefficient (Wildman–Crippen LogP) is 4.10. The Morgan fingerprint density at radius 1 is 1.50 bits per heavy atom. The third-order valence-corrected chi connectivity index (χ3v) is 4.11. The molecule has 1 saturated heterocycles. The summed E-state index contributed by atoms with van der Waals surface area (Å²) in [5, 5.41) is 0. The van der Waals surface area contributed by atoms with E-state index in [9.17, 15) is 0 Å². The van der Waals surface area contributed by atoms with Gasteiger partial charge in [-0.05, 0) is 37.4 Å². The third kappa shape index (κ3) is 4.07. The van der Waals surface area contributed by atoms with Gasteiger partial charge < -0.3 is 9.64 Å². The van der Waals surface area contributed by atoms with Crippen LogP contribution in [0.4, 0.5) is 0 Å². The minimum atomic E-state index is 0.242. The molecule has 4 nitrogen and oxygen atoms in total. The van der Waals surface area contributed by atoms with Gasteiger partial charge in [0.15, 0.2) is 5.84 Å². The maximum absolute atomic E-state index is 5.98. The van der Waals surface area contributed by atoms with Crippen LogP contribution in [0.25, 0.3) is 0 Å². The average molecular weight is 413 g/mol. The van der Waals surface area contributed by atoms with Crippen LogP contribution in [0.15, 0.2) is 43.2 Å². The van der Waals surface area contributed by atoms with Crippen LogP contribution in [0, 0.1) is 0 Å². The Morgan fingerprint density at radius 2 is 2.27 bits per heavy atom. The fourth-order valence-corrected chi connectivity index (χ4v) is 3.01. The van der Waals surface area contributed by atoms with Crippen LogP contribution in [0.2, 0.25) is 0 Å². The average Bonchev–Trinajstić information content (AvgIpc) is 2.51. The standard InChI is InChI=1S/C17H24IN3O/c1-5-14-11-21(10-13(4)22-14)15-6-8-19-17(20-9-7-18)16(15)12(2)3/h6-9,13-14H,5,10-11H2,1-4H3/b9-7-,20-17+/t13-,14+/m1/s1. The summed E-state index contributed by atoms with van der Waals surface area (Å²) in [4.78, 5) is 11.3. The largest absolute Gasteiger partial charge is 0.372 e. The topological polar surface area (TPSA) is 37.2 Å². The van der Waals surface area contributed by atoms with Gasteiger partial charge in [0.05, 0.1) is 12.2 Å². The number of hydrogen-bond donors (Lipinski definition) is 0. The Morgan fingerprint density at radius 3 is 2.91 bits per heavy atom. The highest BCUT2D eigenvalue weighted by molar-refractivity contribution is 14.1. The fourth-order valence-electron chi connectivity index (χ4n) is 2.85. The Labute approximate surface area is 146 Å². The van der Waals surface area contributed by atoms with Crippen molar-refractivity contribution in [2.24, 2.45) is 9.98 Å². The van der Waals surface area contributed by atoms with Gasteiger partial charge >= 0.3 is 0 Å². The molecule has 2 rings (SSSR count). The number of allylic oxidation sites excluding steroid dienone is 2. The molecule has 1 fully saturated rings. The van der Waals surface area contributed by atoms with Gasteiger partial charge in [0.25, 0.3) is 0 Å². The maximum Gasteiger partial charge on any atom is 0.161 e. The molecule has 0 radical (unpaired) electrons. The molecular weight excluding hydrogens is 389 g/mol. The van der Waals surface area contributed by atoms with Crippen molar-refractivity contribution in [3.05, 3.63) is 33.2 Å². The molecule has 2 atom stereocenters. The summed E-state index contributed by atoms with van der Waals surface area (Å²) in [7, 11) is 0. The van der Waals surface area contributed by atoms with Gasteiger partial charge in [-0.3, -0.25) is 0 Å². The van der Waals surface area contributed by atoms with Crippen molar-refractivity contribution in [2.45, 2.75) is 46.3 Å². The number of amidine groups is 1. The summed E-state index contributed by atoms with van der Waals surface area (Å²) in [5.41, 5.74) is 3.58. The number of dihydropyridines is 1. The van der Waals surface area contributed by atoms with Crippen molar-refractivity contribution in [1.82, 2.24) is 4.90 Å². The first kappa shape index (κ1) is 17.4. The lowest BCUT2D eigenvalue weighted by Crippen LogP contribution is -2.46. The van der Waals surface area contributed by atoms with E-state index < -0.39 is 0 Å². The number of halogens is 1. The molecule has 0 spiro atoms. The molecule has 0 N–H and O–H groups in total. The van der Waals surface area contributed by atoms with Gasteiger partial charge in [0.1, 0.15) is 0 Å². The van der Waals surface area contributed by atoms with Crippen molar-refractivity contribution >= 4 is 34.6 Å². The lowest BCUT2D eigenvalue weighted by atomic mass is 10.0. The first-order valence-electron chi connectivity index (χ1n) is 7.72. The fraction of sp³-hybridized carbons (Fsp3) is 0.529. The van der Waals surface area contributed by atoms with Crippen LogP contribution in [0.5, 0.6) is 0 Å². The number of rotatable bonds is 3. The molecule has 0 amide bonds. The van der Waals surface area contributed by atoms with Crippen LogP contribution < -0.4 is 0 Å². The van der Waals surface area contributed by atoms with Crippen LogP contribution in [-0.4, -0.2) is 42.2 Å². The molecule has 22 heavy (non-hydrogen) atoms. The lowest BCUT2D eigenvalue weighted by Gasteiger charge is -2.40. The second-order valence-corrected chi connectivity index (χ2v) is 6.53. The molecular formula is C17H24IN3O. The Bertz CT molecular complexity index is 556. The van der Waals surface area contributed by atoms with Gasteiger partial charge in [-0.2, -0.15) is 0 Å². The third-order valence-electron chi connectivity index (χ3n) is 3.78. The minimum Gasteiger partial charge on any atom is -0.372 e. The van der Waals surface area contributed by atoms with E-state index in [0.717, 1.165) is 30.9 Å². The van der Waals surface area contributed by atoms with E-state index in [-0.39, 0.29) is 12.2 Å². The molecule has 0 aromatic heterocycles. The zero-order chi connectivity index (χ0) is 16.1. The Kier molecular flexibility index (Phi) is 6.37. The summed E-state index contributed by atoms with van der Waals surface area (Å²) in [6, 6.07) is 0.